The van der Waals surface area contributed by atoms with Crippen LogP contribution in [0.5, 0.6) is 0 Å². The molecule has 2 unspecified atom stereocenters. The van der Waals surface area contributed by atoms with Crippen molar-refractivity contribution in [3.8, 4) is 0 Å². The fourth-order valence-corrected chi connectivity index (χ4v) is 4.66. The number of aliphatic hydroxyl groups excluding tert-OH is 1. The quantitative estimate of drug-likeness (QED) is 0.666. The number of aliphatic hydroxyl groups is 1. The number of fused-ring (bicyclic) bond motifs is 1. The van der Waals surface area contributed by atoms with Crippen LogP contribution in [0.2, 0.25) is 0 Å². The first-order chi connectivity index (χ1) is 13.8. The molecule has 1 aromatic rings. The second kappa shape index (κ2) is 7.60. The maximum atomic E-state index is 12.7. The van der Waals surface area contributed by atoms with Crippen molar-refractivity contribution < 1.29 is 27.9 Å². The summed E-state index contributed by atoms with van der Waals surface area (Å²) in [4.78, 5) is 26.7. The van der Waals surface area contributed by atoms with E-state index in [0.29, 0.717) is 23.8 Å². The number of piperidine rings is 1. The van der Waals surface area contributed by atoms with Crippen molar-refractivity contribution in [1.82, 2.24) is 10.2 Å². The maximum Gasteiger partial charge on any atom is 0.416 e. The number of likely N-dealkylation sites (tertiary alicyclic amines) is 1. The molecule has 158 valence electrons. The number of nitrogens with one attached hydrogen (secondary N) is 2. The standard InChI is InChI=1S/C20H24F3N3O3/c21-20(22,23)12-2-1-3-13(6-12)25-17(28)7-24-19(29)18-15-8-26(9-16(15)18)14-4-11(5-14)10-27/h1-3,6,11,14-16,18,27H,4-5,7-10H2,(H,24,29)(H,25,28)/t11?,14?,15-,16?,18?/m0/s1. The summed E-state index contributed by atoms with van der Waals surface area (Å²) in [6.45, 7) is 1.73. The van der Waals surface area contributed by atoms with Gasteiger partial charge in [-0.05, 0) is 48.8 Å². The monoisotopic (exact) mass is 411 g/mol. The fraction of sp³-hybridized carbons (Fsp3) is 0.600. The molecule has 6 nitrogen and oxygen atoms in total. The van der Waals surface area contributed by atoms with E-state index in [2.05, 4.69) is 15.5 Å². The summed E-state index contributed by atoms with van der Waals surface area (Å²) in [6, 6.07) is 4.90. The van der Waals surface area contributed by atoms with Crippen molar-refractivity contribution in [3.63, 3.8) is 0 Å². The van der Waals surface area contributed by atoms with Crippen molar-refractivity contribution in [2.24, 2.45) is 23.7 Å². The van der Waals surface area contributed by atoms with Gasteiger partial charge in [-0.1, -0.05) is 6.07 Å². The second-order valence-corrected chi connectivity index (χ2v) is 8.33. The van der Waals surface area contributed by atoms with E-state index in [1.165, 1.54) is 12.1 Å². The van der Waals surface area contributed by atoms with Gasteiger partial charge in [-0.15, -0.1) is 0 Å². The minimum Gasteiger partial charge on any atom is -0.396 e. The molecule has 1 saturated heterocycles. The molecule has 2 aliphatic carbocycles. The Morgan fingerprint density at radius 3 is 2.48 bits per heavy atom. The van der Waals surface area contributed by atoms with E-state index in [1.54, 1.807) is 0 Å². The van der Waals surface area contributed by atoms with Gasteiger partial charge in [-0.3, -0.25) is 14.5 Å². The van der Waals surface area contributed by atoms with Crippen molar-refractivity contribution in [3.05, 3.63) is 29.8 Å². The molecule has 4 rings (SSSR count). The van der Waals surface area contributed by atoms with Crippen LogP contribution in [0.15, 0.2) is 24.3 Å². The molecule has 3 atom stereocenters. The predicted molar refractivity (Wildman–Crippen MR) is 98.7 cm³/mol. The normalized spacial score (nSPS) is 31.0. The molecule has 9 heteroatoms. The Kier molecular flexibility index (Phi) is 5.29. The second-order valence-electron chi connectivity index (χ2n) is 8.33. The van der Waals surface area contributed by atoms with Gasteiger partial charge < -0.3 is 15.7 Å². The molecule has 3 aliphatic rings. The van der Waals surface area contributed by atoms with E-state index in [4.69, 9.17) is 5.11 Å². The number of rotatable bonds is 6. The minimum atomic E-state index is -4.48. The van der Waals surface area contributed by atoms with Crippen LogP contribution in [0.25, 0.3) is 0 Å². The van der Waals surface area contributed by atoms with E-state index in [-0.39, 0.29) is 30.7 Å². The highest BCUT2D eigenvalue weighted by molar-refractivity contribution is 5.95. The molecule has 29 heavy (non-hydrogen) atoms. The number of hydrogen-bond donors (Lipinski definition) is 3. The molecule has 0 aromatic heterocycles. The van der Waals surface area contributed by atoms with Gasteiger partial charge in [0.2, 0.25) is 11.8 Å². The van der Waals surface area contributed by atoms with Crippen LogP contribution in [-0.2, 0) is 15.8 Å². The van der Waals surface area contributed by atoms with Crippen molar-refractivity contribution in [2.75, 3.05) is 31.6 Å². The summed E-state index contributed by atoms with van der Waals surface area (Å²) in [5.74, 6) is 0.229. The van der Waals surface area contributed by atoms with Gasteiger partial charge in [0.25, 0.3) is 0 Å². The summed E-state index contributed by atoms with van der Waals surface area (Å²) in [5, 5.41) is 14.1. The van der Waals surface area contributed by atoms with Crippen LogP contribution in [0.3, 0.4) is 0 Å². The smallest absolute Gasteiger partial charge is 0.396 e. The number of nitrogens with zero attached hydrogens (tertiary/aromatic N) is 1. The molecule has 1 aromatic carbocycles. The van der Waals surface area contributed by atoms with Crippen molar-refractivity contribution >= 4 is 17.5 Å². The molecule has 0 spiro atoms. The minimum absolute atomic E-state index is 0.0414. The highest BCUT2D eigenvalue weighted by Crippen LogP contribution is 2.53. The SMILES string of the molecule is O=C(CNC(=O)C1C2CN(C3CC(CO)C3)C[C@@H]21)Nc1cccc(C(F)(F)F)c1. The lowest BCUT2D eigenvalue weighted by atomic mass is 9.80. The van der Waals surface area contributed by atoms with Crippen LogP contribution in [0.4, 0.5) is 18.9 Å². The zero-order chi connectivity index (χ0) is 20.8. The topological polar surface area (TPSA) is 81.7 Å². The summed E-state index contributed by atoms with van der Waals surface area (Å²) in [7, 11) is 0. The third-order valence-electron chi connectivity index (χ3n) is 6.41. The van der Waals surface area contributed by atoms with Crippen LogP contribution < -0.4 is 10.6 Å². The van der Waals surface area contributed by atoms with Gasteiger partial charge in [0.1, 0.15) is 0 Å². The number of amides is 2. The zero-order valence-corrected chi connectivity index (χ0v) is 15.8. The first-order valence-corrected chi connectivity index (χ1v) is 9.86. The molecular weight excluding hydrogens is 387 g/mol. The number of alkyl halides is 3. The summed E-state index contributed by atoms with van der Waals surface area (Å²) >= 11 is 0. The number of halogens is 3. The third-order valence-corrected chi connectivity index (χ3v) is 6.41. The lowest BCUT2D eigenvalue weighted by molar-refractivity contribution is -0.137. The summed E-state index contributed by atoms with van der Waals surface area (Å²) in [5.41, 5.74) is -0.800. The van der Waals surface area contributed by atoms with Gasteiger partial charge >= 0.3 is 6.18 Å². The Bertz CT molecular complexity index is 783. The first-order valence-electron chi connectivity index (χ1n) is 9.86. The van der Waals surface area contributed by atoms with Gasteiger partial charge in [0, 0.05) is 37.3 Å². The number of anilines is 1. The van der Waals surface area contributed by atoms with E-state index >= 15 is 0 Å². The molecule has 2 amide bonds. The molecule has 0 radical (unpaired) electrons. The van der Waals surface area contributed by atoms with Crippen molar-refractivity contribution in [2.45, 2.75) is 25.1 Å². The number of carbonyl (C=O) groups excluding carboxylic acids is 2. The Morgan fingerprint density at radius 2 is 1.86 bits per heavy atom. The summed E-state index contributed by atoms with van der Waals surface area (Å²) in [6.07, 6.45) is -2.45. The van der Waals surface area contributed by atoms with E-state index in [1.807, 2.05) is 0 Å². The first kappa shape index (κ1) is 20.2. The Balaban J connectivity index is 1.19. The lowest BCUT2D eigenvalue weighted by Gasteiger charge is -2.41. The fourth-order valence-electron chi connectivity index (χ4n) is 4.66. The maximum absolute atomic E-state index is 12.7. The van der Waals surface area contributed by atoms with Crippen LogP contribution in [0, 0.1) is 23.7 Å². The predicted octanol–water partition coefficient (Wildman–Crippen LogP) is 1.71. The van der Waals surface area contributed by atoms with E-state index in [0.717, 1.165) is 38.1 Å². The summed E-state index contributed by atoms with van der Waals surface area (Å²) < 4.78 is 38.2. The van der Waals surface area contributed by atoms with Gasteiger partial charge in [-0.25, -0.2) is 0 Å². The van der Waals surface area contributed by atoms with Crippen LogP contribution in [0.1, 0.15) is 18.4 Å². The zero-order valence-electron chi connectivity index (χ0n) is 15.8. The average Bonchev–Trinajstić information content (AvgIpc) is 3.13. The van der Waals surface area contributed by atoms with Crippen LogP contribution >= 0.6 is 0 Å². The molecule has 1 aliphatic heterocycles. The van der Waals surface area contributed by atoms with Gasteiger partial charge in [0.15, 0.2) is 0 Å². The lowest BCUT2D eigenvalue weighted by Crippen LogP contribution is -2.46. The number of benzene rings is 1. The van der Waals surface area contributed by atoms with Crippen LogP contribution in [-0.4, -0.2) is 54.1 Å². The molecule has 3 fully saturated rings. The van der Waals surface area contributed by atoms with E-state index < -0.39 is 17.6 Å². The third kappa shape index (κ3) is 4.25. The molecular formula is C20H24F3N3O3. The van der Waals surface area contributed by atoms with Crippen molar-refractivity contribution in [1.29, 1.82) is 0 Å². The van der Waals surface area contributed by atoms with Gasteiger partial charge in [0.05, 0.1) is 12.1 Å². The Labute approximate surface area is 166 Å². The molecule has 3 N–H and O–H groups in total. The Morgan fingerprint density at radius 1 is 1.17 bits per heavy atom. The molecule has 1 heterocycles. The molecule has 0 bridgehead atoms. The number of hydrogen-bond acceptors (Lipinski definition) is 4. The van der Waals surface area contributed by atoms with Gasteiger partial charge in [-0.2, -0.15) is 13.2 Å². The Hall–Kier alpha value is -2.13. The average molecular weight is 411 g/mol. The van der Waals surface area contributed by atoms with E-state index in [9.17, 15) is 22.8 Å². The highest BCUT2D eigenvalue weighted by atomic mass is 19.4. The highest BCUT2D eigenvalue weighted by Gasteiger charge is 2.60. The molecule has 2 saturated carbocycles. The largest absolute Gasteiger partial charge is 0.416 e. The number of carbonyl (C=O) groups is 2.